The normalized spacial score (nSPS) is 13.2. The van der Waals surface area contributed by atoms with Gasteiger partial charge in [0.2, 0.25) is 10.0 Å². The van der Waals surface area contributed by atoms with Crippen LogP contribution in [0.5, 0.6) is 0 Å². The van der Waals surface area contributed by atoms with Gasteiger partial charge in [0.25, 0.3) is 5.91 Å². The Hall–Kier alpha value is -4.19. The lowest BCUT2D eigenvalue weighted by atomic mass is 10.00. The van der Waals surface area contributed by atoms with Crippen molar-refractivity contribution < 1.29 is 31.5 Å². The van der Waals surface area contributed by atoms with Crippen molar-refractivity contribution >= 4 is 21.6 Å². The molecule has 0 saturated heterocycles. The molecule has 11 heteroatoms. The van der Waals surface area contributed by atoms with Crippen molar-refractivity contribution in [2.75, 3.05) is 17.9 Å². The number of amides is 1. The highest BCUT2D eigenvalue weighted by atomic mass is 32.2. The molecular formula is C33H34F3N3O4S. The summed E-state index contributed by atoms with van der Waals surface area (Å²) in [5.74, 6) is -0.755. The molecule has 0 unspecified atom stereocenters. The quantitative estimate of drug-likeness (QED) is 0.191. The van der Waals surface area contributed by atoms with Gasteiger partial charge in [-0.25, -0.2) is 8.42 Å². The van der Waals surface area contributed by atoms with Crippen molar-refractivity contribution in [2.24, 2.45) is 0 Å². The van der Waals surface area contributed by atoms with Crippen LogP contribution < -0.4 is 14.9 Å². The van der Waals surface area contributed by atoms with E-state index < -0.39 is 39.8 Å². The van der Waals surface area contributed by atoms with E-state index in [1.165, 1.54) is 37.4 Å². The average molecular weight is 626 g/mol. The molecule has 3 N–H and O–H groups in total. The molecule has 4 aromatic carbocycles. The van der Waals surface area contributed by atoms with Gasteiger partial charge >= 0.3 is 6.18 Å². The second-order valence-corrected chi connectivity index (χ2v) is 12.4. The van der Waals surface area contributed by atoms with Crippen LogP contribution in [0.3, 0.4) is 0 Å². The van der Waals surface area contributed by atoms with Gasteiger partial charge in [-0.2, -0.15) is 13.2 Å². The maximum Gasteiger partial charge on any atom is 0.416 e. The van der Waals surface area contributed by atoms with Crippen LogP contribution in [0.4, 0.5) is 18.9 Å². The molecule has 0 fully saturated rings. The Balaban J connectivity index is 1.47. The van der Waals surface area contributed by atoms with Gasteiger partial charge in [-0.15, -0.1) is 0 Å². The third-order valence-electron chi connectivity index (χ3n) is 7.15. The molecule has 0 aliphatic rings. The summed E-state index contributed by atoms with van der Waals surface area (Å²) in [6.45, 7) is -0.227. The third kappa shape index (κ3) is 8.91. The van der Waals surface area contributed by atoms with E-state index in [1.54, 1.807) is 42.5 Å². The number of benzene rings is 4. The number of aliphatic hydroxyl groups excluding tert-OH is 1. The molecule has 0 saturated carbocycles. The lowest BCUT2D eigenvalue weighted by molar-refractivity contribution is -0.138. The summed E-state index contributed by atoms with van der Waals surface area (Å²) < 4.78 is 67.4. The standard InChI is InChI=1S/C33H34F3N3O4S/c1-39(44(42,43)23-25-13-6-3-7-14-25)28-17-10-16-26(20-28)32(41)38-30(19-24-11-4-2-5-12-24)31(40)22-37-21-27-15-8-9-18-29(27)33(34,35)36/h2-18,20,30-31,37,40H,19,21-23H2,1H3,(H,38,41)/t30-,31-/m0/s1. The van der Waals surface area contributed by atoms with E-state index in [0.29, 0.717) is 11.3 Å². The van der Waals surface area contributed by atoms with Gasteiger partial charge in [-0.3, -0.25) is 9.10 Å². The zero-order valence-electron chi connectivity index (χ0n) is 24.0. The summed E-state index contributed by atoms with van der Waals surface area (Å²) in [6, 6.07) is 28.4. The van der Waals surface area contributed by atoms with Gasteiger partial charge in [-0.05, 0) is 47.4 Å². The Morgan fingerprint density at radius 1 is 0.864 bits per heavy atom. The predicted molar refractivity (Wildman–Crippen MR) is 164 cm³/mol. The highest BCUT2D eigenvalue weighted by Crippen LogP contribution is 2.31. The number of rotatable bonds is 13. The van der Waals surface area contributed by atoms with Crippen LogP contribution in [-0.2, 0) is 34.9 Å². The molecule has 2 atom stereocenters. The number of anilines is 1. The topological polar surface area (TPSA) is 98.7 Å². The number of halogens is 3. The maximum absolute atomic E-state index is 13.4. The molecule has 232 valence electrons. The van der Waals surface area contributed by atoms with E-state index in [4.69, 9.17) is 0 Å². The van der Waals surface area contributed by atoms with Crippen LogP contribution >= 0.6 is 0 Å². The number of nitrogens with zero attached hydrogens (tertiary/aromatic N) is 1. The highest BCUT2D eigenvalue weighted by Gasteiger charge is 2.33. The molecule has 4 aromatic rings. The number of carbonyl (C=O) groups is 1. The molecule has 0 aliphatic heterocycles. The van der Waals surface area contributed by atoms with Gasteiger partial charge in [0.1, 0.15) is 0 Å². The Labute approximate surface area is 255 Å². The molecule has 44 heavy (non-hydrogen) atoms. The van der Waals surface area contributed by atoms with Crippen LogP contribution in [0.2, 0.25) is 0 Å². The average Bonchev–Trinajstić information content (AvgIpc) is 3.01. The molecule has 4 rings (SSSR count). The smallest absolute Gasteiger partial charge is 0.390 e. The Bertz CT molecular complexity index is 1640. The minimum Gasteiger partial charge on any atom is -0.390 e. The Morgan fingerprint density at radius 3 is 2.14 bits per heavy atom. The molecular weight excluding hydrogens is 591 g/mol. The molecule has 0 bridgehead atoms. The summed E-state index contributed by atoms with van der Waals surface area (Å²) in [4.78, 5) is 13.4. The second kappa shape index (κ2) is 14.5. The van der Waals surface area contributed by atoms with Gasteiger partial charge in [0, 0.05) is 25.7 Å². The van der Waals surface area contributed by atoms with Crippen molar-refractivity contribution in [3.63, 3.8) is 0 Å². The van der Waals surface area contributed by atoms with Gasteiger partial charge in [0.05, 0.1) is 29.1 Å². The minimum atomic E-state index is -4.51. The van der Waals surface area contributed by atoms with Crippen molar-refractivity contribution in [2.45, 2.75) is 37.0 Å². The molecule has 0 spiro atoms. The van der Waals surface area contributed by atoms with E-state index in [2.05, 4.69) is 10.6 Å². The second-order valence-electron chi connectivity index (χ2n) is 10.4. The number of carbonyl (C=O) groups excluding carboxylic acids is 1. The Morgan fingerprint density at radius 2 is 1.48 bits per heavy atom. The summed E-state index contributed by atoms with van der Waals surface area (Å²) >= 11 is 0. The van der Waals surface area contributed by atoms with Crippen LogP contribution in [0, 0.1) is 0 Å². The number of sulfonamides is 1. The third-order valence-corrected chi connectivity index (χ3v) is 8.90. The molecule has 0 aliphatic carbocycles. The van der Waals surface area contributed by atoms with Crippen molar-refractivity contribution in [1.82, 2.24) is 10.6 Å². The monoisotopic (exact) mass is 625 g/mol. The molecule has 1 amide bonds. The number of nitrogens with one attached hydrogen (secondary N) is 2. The van der Waals surface area contributed by atoms with E-state index in [0.717, 1.165) is 15.9 Å². The number of hydrogen-bond acceptors (Lipinski definition) is 5. The van der Waals surface area contributed by atoms with Crippen LogP contribution in [-0.4, -0.2) is 45.2 Å². The fraction of sp³-hybridized carbons (Fsp3) is 0.242. The SMILES string of the molecule is CN(c1cccc(C(=O)N[C@@H](Cc2ccccc2)[C@@H](O)CNCc2ccccc2C(F)(F)F)c1)S(=O)(=O)Cc1ccccc1. The summed E-state index contributed by atoms with van der Waals surface area (Å²) in [5, 5.41) is 16.8. The predicted octanol–water partition coefficient (Wildman–Crippen LogP) is 5.16. The molecule has 0 heterocycles. The van der Waals surface area contributed by atoms with E-state index in [-0.39, 0.29) is 36.4 Å². The lowest BCUT2D eigenvalue weighted by Crippen LogP contribution is -2.48. The number of aliphatic hydroxyl groups is 1. The fourth-order valence-corrected chi connectivity index (χ4v) is 5.98. The van der Waals surface area contributed by atoms with Gasteiger partial charge in [0.15, 0.2) is 0 Å². The van der Waals surface area contributed by atoms with E-state index in [1.807, 2.05) is 30.3 Å². The molecule has 0 radical (unpaired) electrons. The zero-order valence-corrected chi connectivity index (χ0v) is 24.9. The largest absolute Gasteiger partial charge is 0.416 e. The maximum atomic E-state index is 13.4. The van der Waals surface area contributed by atoms with E-state index in [9.17, 15) is 31.5 Å². The lowest BCUT2D eigenvalue weighted by Gasteiger charge is -2.25. The first-order valence-corrected chi connectivity index (χ1v) is 15.5. The van der Waals surface area contributed by atoms with Crippen molar-refractivity contribution in [3.05, 3.63) is 137 Å². The van der Waals surface area contributed by atoms with E-state index >= 15 is 0 Å². The first kappa shape index (κ1) is 32.7. The first-order valence-electron chi connectivity index (χ1n) is 13.9. The van der Waals surface area contributed by atoms with Gasteiger partial charge < -0.3 is 15.7 Å². The molecule has 0 aromatic heterocycles. The highest BCUT2D eigenvalue weighted by molar-refractivity contribution is 7.92. The summed E-state index contributed by atoms with van der Waals surface area (Å²) in [7, 11) is -2.33. The zero-order chi connectivity index (χ0) is 31.7. The van der Waals surface area contributed by atoms with Crippen molar-refractivity contribution in [1.29, 1.82) is 0 Å². The first-order chi connectivity index (χ1) is 20.9. The van der Waals surface area contributed by atoms with Crippen LogP contribution in [0.1, 0.15) is 32.6 Å². The molecule has 7 nitrogen and oxygen atoms in total. The summed E-state index contributed by atoms with van der Waals surface area (Å²) in [5.41, 5.74) is 1.22. The van der Waals surface area contributed by atoms with Crippen molar-refractivity contribution in [3.8, 4) is 0 Å². The van der Waals surface area contributed by atoms with Gasteiger partial charge in [-0.1, -0.05) is 84.9 Å². The number of alkyl halides is 3. The summed E-state index contributed by atoms with van der Waals surface area (Å²) in [6.07, 6.45) is -5.42. The number of hydrogen-bond donors (Lipinski definition) is 3. The Kier molecular flexibility index (Phi) is 10.8. The van der Waals surface area contributed by atoms with Crippen LogP contribution in [0.25, 0.3) is 0 Å². The minimum absolute atomic E-state index is 0.0407. The van der Waals surface area contributed by atoms with Crippen LogP contribution in [0.15, 0.2) is 109 Å². The fourth-order valence-electron chi connectivity index (χ4n) is 4.74.